The molecule has 0 aliphatic carbocycles. The van der Waals surface area contributed by atoms with Gasteiger partial charge in [-0.05, 0) is 81.0 Å². The molecule has 1 heterocycles. The molecule has 0 saturated heterocycles. The maximum absolute atomic E-state index is 3.93. The summed E-state index contributed by atoms with van der Waals surface area (Å²) in [5, 5.41) is 2.68. The number of hydrogen-bond donors (Lipinski definition) is 1. The largest absolute Gasteiger partial charge is 0.354 e. The van der Waals surface area contributed by atoms with Gasteiger partial charge in [-0.2, -0.15) is 0 Å². The zero-order valence-electron chi connectivity index (χ0n) is 19.1. The Hall–Kier alpha value is -0.100. The highest BCUT2D eigenvalue weighted by Gasteiger charge is 2.16. The Labute approximate surface area is 213 Å². The van der Waals surface area contributed by atoms with Crippen molar-refractivity contribution in [1.82, 2.24) is 4.98 Å². The van der Waals surface area contributed by atoms with Gasteiger partial charge in [-0.3, -0.25) is 0 Å². The number of hydrogen-bond acceptors (Lipinski definition) is 2. The second-order valence-electron chi connectivity index (χ2n) is 8.38. The number of nitrogens with one attached hydrogen (secondary N) is 1. The minimum absolute atomic E-state index is 1.13. The molecule has 0 fully saturated rings. The monoisotopic (exact) mass is 583 g/mol. The fraction of sp³-hybridized carbons (Fsp3) is 0.538. The Bertz CT molecular complexity index is 996. The van der Waals surface area contributed by atoms with Gasteiger partial charge in [0.25, 0.3) is 0 Å². The molecule has 0 amide bonds. The van der Waals surface area contributed by atoms with Crippen LogP contribution < -0.4 is 0 Å². The first kappa shape index (κ1) is 25.5. The number of H-pyrrole nitrogens is 1. The molecule has 1 N–H and O–H groups in total. The SMILES string of the molecule is CCCCCCCCCCCCc1c(Br)c(SC)cc2c1[nH]c1cc(Br)c(SC)cc12. The maximum Gasteiger partial charge on any atom is 0.0509 e. The predicted molar refractivity (Wildman–Crippen MR) is 150 cm³/mol. The number of aromatic nitrogens is 1. The summed E-state index contributed by atoms with van der Waals surface area (Å²) in [4.78, 5) is 6.37. The average Bonchev–Trinajstić information content (AvgIpc) is 3.11. The highest BCUT2D eigenvalue weighted by Crippen LogP contribution is 2.41. The van der Waals surface area contributed by atoms with Gasteiger partial charge in [-0.15, -0.1) is 23.5 Å². The van der Waals surface area contributed by atoms with E-state index in [1.54, 1.807) is 11.8 Å². The van der Waals surface area contributed by atoms with E-state index in [0.717, 1.165) is 6.42 Å². The lowest BCUT2D eigenvalue weighted by atomic mass is 10.0. The van der Waals surface area contributed by atoms with Gasteiger partial charge in [0.2, 0.25) is 0 Å². The molecule has 0 atom stereocenters. The lowest BCUT2D eigenvalue weighted by molar-refractivity contribution is 0.556. The minimum Gasteiger partial charge on any atom is -0.354 e. The van der Waals surface area contributed by atoms with Gasteiger partial charge in [-0.25, -0.2) is 0 Å². The van der Waals surface area contributed by atoms with Crippen LogP contribution in [0, 0.1) is 0 Å². The van der Waals surface area contributed by atoms with Crippen LogP contribution in [0.15, 0.2) is 36.9 Å². The van der Waals surface area contributed by atoms with Crippen LogP contribution in [0.3, 0.4) is 0 Å². The first-order chi connectivity index (χ1) is 15.1. The summed E-state index contributed by atoms with van der Waals surface area (Å²) in [6, 6.07) is 6.91. The van der Waals surface area contributed by atoms with Crippen LogP contribution in [-0.2, 0) is 6.42 Å². The van der Waals surface area contributed by atoms with Crippen LogP contribution in [0.5, 0.6) is 0 Å². The van der Waals surface area contributed by atoms with Crippen LogP contribution in [0.4, 0.5) is 0 Å². The summed E-state index contributed by atoms with van der Waals surface area (Å²) in [6.07, 6.45) is 19.2. The topological polar surface area (TPSA) is 15.8 Å². The molecule has 31 heavy (non-hydrogen) atoms. The first-order valence-electron chi connectivity index (χ1n) is 11.6. The van der Waals surface area contributed by atoms with Crippen molar-refractivity contribution in [2.45, 2.75) is 87.3 Å². The number of benzene rings is 2. The highest BCUT2D eigenvalue weighted by molar-refractivity contribution is 9.10. The molecular weight excluding hydrogens is 550 g/mol. The van der Waals surface area contributed by atoms with Crippen molar-refractivity contribution in [2.24, 2.45) is 0 Å². The second-order valence-corrected chi connectivity index (χ2v) is 11.7. The molecule has 0 spiro atoms. The lowest BCUT2D eigenvalue weighted by Crippen LogP contribution is -1.92. The fourth-order valence-electron chi connectivity index (χ4n) is 4.39. The molecular formula is C26H35Br2NS2. The Morgan fingerprint density at radius 3 is 1.94 bits per heavy atom. The third-order valence-corrected chi connectivity index (χ3v) is 9.80. The van der Waals surface area contributed by atoms with E-state index in [0.29, 0.717) is 0 Å². The molecule has 1 nitrogen and oxygen atoms in total. The standard InChI is InChI=1S/C26H35Br2NS2/c1-4-5-6-7-8-9-10-11-12-13-14-18-25(28)24(31-3)16-20-19-15-23(30-2)21(27)17-22(19)29-26(18)20/h15-17,29H,4-14H2,1-3H3. The van der Waals surface area contributed by atoms with E-state index < -0.39 is 0 Å². The number of aromatic amines is 1. The van der Waals surface area contributed by atoms with E-state index >= 15 is 0 Å². The second kappa shape index (κ2) is 13.0. The predicted octanol–water partition coefficient (Wildman–Crippen LogP) is 10.8. The Kier molecular flexibility index (Phi) is 10.7. The van der Waals surface area contributed by atoms with Gasteiger partial charge in [-0.1, -0.05) is 64.7 Å². The van der Waals surface area contributed by atoms with Crippen molar-refractivity contribution in [3.63, 3.8) is 0 Å². The van der Waals surface area contributed by atoms with Crippen LogP contribution in [0.2, 0.25) is 0 Å². The van der Waals surface area contributed by atoms with E-state index in [2.05, 4.69) is 74.5 Å². The summed E-state index contributed by atoms with van der Waals surface area (Å²) in [6.45, 7) is 2.29. The number of fused-ring (bicyclic) bond motifs is 3. The van der Waals surface area contributed by atoms with Gasteiger partial charge < -0.3 is 4.98 Å². The Morgan fingerprint density at radius 2 is 1.32 bits per heavy atom. The molecule has 0 unspecified atom stereocenters. The average molecular weight is 586 g/mol. The van der Waals surface area contributed by atoms with Crippen LogP contribution in [-0.4, -0.2) is 17.5 Å². The zero-order chi connectivity index (χ0) is 22.2. The molecule has 1 aromatic heterocycles. The van der Waals surface area contributed by atoms with E-state index in [9.17, 15) is 0 Å². The van der Waals surface area contributed by atoms with Crippen molar-refractivity contribution >= 4 is 77.2 Å². The summed E-state index contributed by atoms with van der Waals surface area (Å²) < 4.78 is 2.44. The van der Waals surface area contributed by atoms with Gasteiger partial charge in [0.15, 0.2) is 0 Å². The third-order valence-electron chi connectivity index (χ3n) is 6.17. The van der Waals surface area contributed by atoms with Gasteiger partial charge >= 0.3 is 0 Å². The van der Waals surface area contributed by atoms with Crippen molar-refractivity contribution in [3.05, 3.63) is 32.7 Å². The molecule has 0 bridgehead atoms. The van der Waals surface area contributed by atoms with Gasteiger partial charge in [0, 0.05) is 35.0 Å². The number of unbranched alkanes of at least 4 members (excludes halogenated alkanes) is 9. The molecule has 170 valence electrons. The number of halogens is 2. The highest BCUT2D eigenvalue weighted by atomic mass is 79.9. The quantitative estimate of drug-likeness (QED) is 0.159. The molecule has 0 radical (unpaired) electrons. The number of rotatable bonds is 13. The molecule has 2 aromatic carbocycles. The fourth-order valence-corrected chi connectivity index (χ4v) is 7.24. The van der Waals surface area contributed by atoms with E-state index in [1.807, 2.05) is 11.8 Å². The van der Waals surface area contributed by atoms with Crippen molar-refractivity contribution < 1.29 is 0 Å². The van der Waals surface area contributed by atoms with E-state index in [-0.39, 0.29) is 0 Å². The summed E-state index contributed by atoms with van der Waals surface area (Å²) >= 11 is 11.3. The summed E-state index contributed by atoms with van der Waals surface area (Å²) in [7, 11) is 0. The molecule has 0 aliphatic rings. The molecule has 3 rings (SSSR count). The molecule has 0 saturated carbocycles. The first-order valence-corrected chi connectivity index (χ1v) is 15.7. The minimum atomic E-state index is 1.13. The number of aryl methyl sites for hydroxylation is 1. The van der Waals surface area contributed by atoms with Crippen LogP contribution in [0.1, 0.15) is 76.7 Å². The normalized spacial score (nSPS) is 11.8. The number of thioether (sulfide) groups is 2. The third kappa shape index (κ3) is 6.49. The van der Waals surface area contributed by atoms with Crippen molar-refractivity contribution in [3.8, 4) is 0 Å². The lowest BCUT2D eigenvalue weighted by Gasteiger charge is -2.11. The van der Waals surface area contributed by atoms with E-state index in [1.165, 1.54) is 110 Å². The maximum atomic E-state index is 3.93. The van der Waals surface area contributed by atoms with Gasteiger partial charge in [0.1, 0.15) is 0 Å². The Balaban J connectivity index is 1.69. The summed E-state index contributed by atoms with van der Waals surface area (Å²) in [5.74, 6) is 0. The van der Waals surface area contributed by atoms with E-state index in [4.69, 9.17) is 0 Å². The van der Waals surface area contributed by atoms with Crippen LogP contribution >= 0.6 is 55.4 Å². The smallest absolute Gasteiger partial charge is 0.0509 e. The summed E-state index contributed by atoms with van der Waals surface area (Å²) in [5.41, 5.74) is 3.97. The van der Waals surface area contributed by atoms with Crippen molar-refractivity contribution in [2.75, 3.05) is 12.5 Å². The molecule has 5 heteroatoms. The molecule has 3 aromatic rings. The Morgan fingerprint density at radius 1 is 0.742 bits per heavy atom. The van der Waals surface area contributed by atoms with Gasteiger partial charge in [0.05, 0.1) is 5.52 Å². The molecule has 0 aliphatic heterocycles. The van der Waals surface area contributed by atoms with Crippen LogP contribution in [0.25, 0.3) is 21.8 Å². The zero-order valence-corrected chi connectivity index (χ0v) is 23.9. The van der Waals surface area contributed by atoms with Crippen molar-refractivity contribution in [1.29, 1.82) is 0 Å².